The van der Waals surface area contributed by atoms with Crippen molar-refractivity contribution in [2.24, 2.45) is 5.73 Å². The summed E-state index contributed by atoms with van der Waals surface area (Å²) in [4.78, 5) is 0. The Labute approximate surface area is 114 Å². The van der Waals surface area contributed by atoms with Gasteiger partial charge in [-0.1, -0.05) is 19.9 Å². The molecule has 0 radical (unpaired) electrons. The van der Waals surface area contributed by atoms with Crippen molar-refractivity contribution in [3.8, 4) is 5.75 Å². The highest BCUT2D eigenvalue weighted by atomic mass is 32.2. The maximum absolute atomic E-state index is 11.6. The molecule has 0 saturated heterocycles. The van der Waals surface area contributed by atoms with E-state index in [2.05, 4.69) is 13.8 Å². The quantitative estimate of drug-likeness (QED) is 0.918. The van der Waals surface area contributed by atoms with Gasteiger partial charge in [0.1, 0.15) is 5.75 Å². The van der Waals surface area contributed by atoms with Gasteiger partial charge in [0.15, 0.2) is 9.84 Å². The van der Waals surface area contributed by atoms with Gasteiger partial charge >= 0.3 is 0 Å². The SMILES string of the molecule is CC(C(N)c1ccc2c(c1)C(C)(C)CO2)S(C)(=O)=O. The molecule has 2 N–H and O–H groups in total. The normalized spacial score (nSPS) is 20.5. The molecule has 1 aliphatic rings. The Balaban J connectivity index is 2.38. The van der Waals surface area contributed by atoms with E-state index in [1.807, 2.05) is 18.2 Å². The maximum Gasteiger partial charge on any atom is 0.151 e. The van der Waals surface area contributed by atoms with Crippen LogP contribution in [0, 0.1) is 0 Å². The molecular formula is C14H21NO3S. The van der Waals surface area contributed by atoms with Gasteiger partial charge in [-0.05, 0) is 24.6 Å². The average molecular weight is 283 g/mol. The number of sulfone groups is 1. The lowest BCUT2D eigenvalue weighted by Gasteiger charge is -2.21. The van der Waals surface area contributed by atoms with Crippen LogP contribution in [0.3, 0.4) is 0 Å². The highest BCUT2D eigenvalue weighted by Crippen LogP contribution is 2.39. The molecule has 0 saturated carbocycles. The number of rotatable bonds is 3. The van der Waals surface area contributed by atoms with Gasteiger partial charge in [0.2, 0.25) is 0 Å². The van der Waals surface area contributed by atoms with Gasteiger partial charge in [-0.2, -0.15) is 0 Å². The Morgan fingerprint density at radius 2 is 2.00 bits per heavy atom. The minimum Gasteiger partial charge on any atom is -0.492 e. The minimum atomic E-state index is -3.15. The fourth-order valence-corrected chi connectivity index (χ4v) is 2.97. The van der Waals surface area contributed by atoms with E-state index in [1.54, 1.807) is 6.92 Å². The predicted octanol–water partition coefficient (Wildman–Crippen LogP) is 1.79. The molecule has 1 heterocycles. The summed E-state index contributed by atoms with van der Waals surface area (Å²) in [6.45, 7) is 6.50. The minimum absolute atomic E-state index is 0.0562. The molecule has 0 aliphatic carbocycles. The Bertz CT molecular complexity index is 593. The zero-order chi connectivity index (χ0) is 14.4. The summed E-state index contributed by atoms with van der Waals surface area (Å²) in [6, 6.07) is 5.20. The van der Waals surface area contributed by atoms with E-state index in [-0.39, 0.29) is 5.41 Å². The lowest BCUT2D eigenvalue weighted by atomic mass is 9.85. The first-order valence-electron chi connectivity index (χ1n) is 6.34. The Kier molecular flexibility index (Phi) is 3.39. The van der Waals surface area contributed by atoms with Crippen molar-refractivity contribution in [1.82, 2.24) is 0 Å². The maximum atomic E-state index is 11.6. The lowest BCUT2D eigenvalue weighted by molar-refractivity contribution is 0.291. The molecule has 19 heavy (non-hydrogen) atoms. The summed E-state index contributed by atoms with van der Waals surface area (Å²) in [5, 5.41) is -0.601. The van der Waals surface area contributed by atoms with Gasteiger partial charge in [-0.15, -0.1) is 0 Å². The van der Waals surface area contributed by atoms with Crippen molar-refractivity contribution in [2.75, 3.05) is 12.9 Å². The van der Waals surface area contributed by atoms with E-state index in [1.165, 1.54) is 6.26 Å². The summed E-state index contributed by atoms with van der Waals surface area (Å²) in [5.74, 6) is 0.868. The standard InChI is InChI=1S/C14H21NO3S/c1-9(19(4,16)17)13(15)10-5-6-12-11(7-10)14(2,3)8-18-12/h5-7,9,13H,8,15H2,1-4H3. The molecule has 0 amide bonds. The number of ether oxygens (including phenoxy) is 1. The number of nitrogens with two attached hydrogens (primary N) is 1. The van der Waals surface area contributed by atoms with Crippen LogP contribution in [0.1, 0.15) is 37.9 Å². The Morgan fingerprint density at radius 1 is 1.37 bits per heavy atom. The summed E-state index contributed by atoms with van der Waals surface area (Å²) >= 11 is 0. The van der Waals surface area contributed by atoms with E-state index in [9.17, 15) is 8.42 Å². The number of fused-ring (bicyclic) bond motifs is 1. The third kappa shape index (κ3) is 2.62. The van der Waals surface area contributed by atoms with Crippen LogP contribution in [0.15, 0.2) is 18.2 Å². The topological polar surface area (TPSA) is 69.4 Å². The van der Waals surface area contributed by atoms with Gasteiger partial charge in [0.25, 0.3) is 0 Å². The number of hydrogen-bond donors (Lipinski definition) is 1. The number of benzene rings is 1. The van der Waals surface area contributed by atoms with Crippen LogP contribution in [-0.2, 0) is 15.3 Å². The first-order chi connectivity index (χ1) is 8.63. The van der Waals surface area contributed by atoms with Gasteiger partial charge < -0.3 is 10.5 Å². The zero-order valence-electron chi connectivity index (χ0n) is 11.8. The largest absolute Gasteiger partial charge is 0.492 e. The van der Waals surface area contributed by atoms with Crippen molar-refractivity contribution >= 4 is 9.84 Å². The Morgan fingerprint density at radius 3 is 2.58 bits per heavy atom. The van der Waals surface area contributed by atoms with E-state index in [4.69, 9.17) is 10.5 Å². The first-order valence-corrected chi connectivity index (χ1v) is 8.30. The molecule has 0 fully saturated rings. The molecule has 0 aromatic heterocycles. The van der Waals surface area contributed by atoms with Gasteiger partial charge in [0, 0.05) is 23.3 Å². The molecule has 5 heteroatoms. The molecule has 1 aliphatic heterocycles. The zero-order valence-corrected chi connectivity index (χ0v) is 12.6. The van der Waals surface area contributed by atoms with Crippen molar-refractivity contribution in [1.29, 1.82) is 0 Å². The van der Waals surface area contributed by atoms with E-state index >= 15 is 0 Å². The van der Waals surface area contributed by atoms with Crippen LogP contribution < -0.4 is 10.5 Å². The van der Waals surface area contributed by atoms with Crippen molar-refractivity contribution in [3.05, 3.63) is 29.3 Å². The van der Waals surface area contributed by atoms with Crippen LogP contribution in [-0.4, -0.2) is 26.5 Å². The summed E-state index contributed by atoms with van der Waals surface area (Å²) in [6.07, 6.45) is 1.22. The summed E-state index contributed by atoms with van der Waals surface area (Å²) < 4.78 is 28.8. The molecule has 4 nitrogen and oxygen atoms in total. The monoisotopic (exact) mass is 283 g/mol. The fourth-order valence-electron chi connectivity index (χ4n) is 2.28. The smallest absolute Gasteiger partial charge is 0.151 e. The van der Waals surface area contributed by atoms with E-state index < -0.39 is 21.1 Å². The van der Waals surface area contributed by atoms with Gasteiger partial charge in [-0.25, -0.2) is 8.42 Å². The van der Waals surface area contributed by atoms with Crippen LogP contribution in [0.25, 0.3) is 0 Å². The van der Waals surface area contributed by atoms with E-state index in [0.717, 1.165) is 16.9 Å². The number of hydrogen-bond acceptors (Lipinski definition) is 4. The molecule has 2 atom stereocenters. The first kappa shape index (κ1) is 14.3. The van der Waals surface area contributed by atoms with Crippen molar-refractivity contribution < 1.29 is 13.2 Å². The predicted molar refractivity (Wildman–Crippen MR) is 76.2 cm³/mol. The molecule has 106 valence electrons. The van der Waals surface area contributed by atoms with Crippen LogP contribution in [0.2, 0.25) is 0 Å². The molecule has 0 bridgehead atoms. The van der Waals surface area contributed by atoms with Gasteiger partial charge in [0.05, 0.1) is 11.9 Å². The van der Waals surface area contributed by atoms with Crippen LogP contribution in [0.4, 0.5) is 0 Å². The van der Waals surface area contributed by atoms with Crippen molar-refractivity contribution in [3.63, 3.8) is 0 Å². The molecular weight excluding hydrogens is 262 g/mol. The molecule has 1 aromatic carbocycles. The van der Waals surface area contributed by atoms with Crippen LogP contribution in [0.5, 0.6) is 5.75 Å². The van der Waals surface area contributed by atoms with E-state index in [0.29, 0.717) is 6.61 Å². The molecule has 2 unspecified atom stereocenters. The highest BCUT2D eigenvalue weighted by molar-refractivity contribution is 7.91. The van der Waals surface area contributed by atoms with Gasteiger partial charge in [-0.3, -0.25) is 0 Å². The third-order valence-electron chi connectivity index (χ3n) is 3.89. The second-order valence-electron chi connectivity index (χ2n) is 5.99. The average Bonchev–Trinajstić information content (AvgIpc) is 2.62. The second-order valence-corrected chi connectivity index (χ2v) is 8.39. The second kappa shape index (κ2) is 4.49. The van der Waals surface area contributed by atoms with Crippen molar-refractivity contribution in [2.45, 2.75) is 37.5 Å². The molecule has 0 spiro atoms. The highest BCUT2D eigenvalue weighted by Gasteiger charge is 2.33. The fraction of sp³-hybridized carbons (Fsp3) is 0.571. The molecule has 2 rings (SSSR count). The van der Waals surface area contributed by atoms with Crippen LogP contribution >= 0.6 is 0 Å². The summed E-state index contributed by atoms with van der Waals surface area (Å²) in [7, 11) is -3.15. The lowest BCUT2D eigenvalue weighted by Crippen LogP contribution is -2.30. The summed E-state index contributed by atoms with van der Waals surface area (Å²) in [5.41, 5.74) is 7.97. The third-order valence-corrected chi connectivity index (χ3v) is 5.53. The Hall–Kier alpha value is -1.07. The molecule has 1 aromatic rings.